The molecule has 6 aromatic rings. The van der Waals surface area contributed by atoms with Crippen LogP contribution in [0.2, 0.25) is 0 Å². The first-order valence-corrected chi connectivity index (χ1v) is 22.6. The van der Waals surface area contributed by atoms with Crippen molar-refractivity contribution >= 4 is 57.2 Å². The maximum Gasteiger partial charge on any atom is 0.252 e. The largest absolute Gasteiger partial charge is 0.311 e. The highest BCUT2D eigenvalue weighted by atomic mass is 15.2. The topological polar surface area (TPSA) is 32.3 Å². The molecule has 0 radical (unpaired) electrons. The molecular formula is C54H59BN4. The molecule has 2 saturated carbocycles. The molecule has 5 aromatic carbocycles. The van der Waals surface area contributed by atoms with Crippen molar-refractivity contribution in [1.29, 1.82) is 0 Å². The molecule has 2 fully saturated rings. The summed E-state index contributed by atoms with van der Waals surface area (Å²) in [6.07, 6.45) is 16.8. The van der Waals surface area contributed by atoms with Crippen molar-refractivity contribution in [3.05, 3.63) is 138 Å². The Bertz CT molecular complexity index is 2330. The maximum absolute atomic E-state index is 4.87. The molecule has 0 saturated heterocycles. The lowest BCUT2D eigenvalue weighted by atomic mass is 9.33. The fraction of sp³-hybridized carbons (Fsp3) is 0.370. The third-order valence-corrected chi connectivity index (χ3v) is 14.1. The van der Waals surface area contributed by atoms with Crippen LogP contribution in [0.4, 0.5) is 34.1 Å². The van der Waals surface area contributed by atoms with Crippen molar-refractivity contribution in [2.45, 2.75) is 128 Å². The van der Waals surface area contributed by atoms with Crippen molar-refractivity contribution in [3.8, 4) is 11.4 Å². The second-order valence-corrected chi connectivity index (χ2v) is 20.0. The van der Waals surface area contributed by atoms with E-state index in [-0.39, 0.29) is 17.5 Å². The lowest BCUT2D eigenvalue weighted by Crippen LogP contribution is -2.61. The maximum atomic E-state index is 4.87. The van der Waals surface area contributed by atoms with Gasteiger partial charge >= 0.3 is 0 Å². The van der Waals surface area contributed by atoms with Crippen molar-refractivity contribution in [3.63, 3.8) is 0 Å². The van der Waals surface area contributed by atoms with Crippen molar-refractivity contribution in [1.82, 2.24) is 9.97 Å². The summed E-state index contributed by atoms with van der Waals surface area (Å²) < 4.78 is 0. The summed E-state index contributed by atoms with van der Waals surface area (Å²) in [7, 11) is 0. The molecule has 0 unspecified atom stereocenters. The number of hydrogen-bond acceptors (Lipinski definition) is 4. The molecule has 1 aromatic heterocycles. The lowest BCUT2D eigenvalue weighted by Gasteiger charge is -2.45. The van der Waals surface area contributed by atoms with Gasteiger partial charge in [-0.05, 0) is 142 Å². The van der Waals surface area contributed by atoms with E-state index >= 15 is 0 Å². The molecule has 0 bridgehead atoms. The number of hydrogen-bond donors (Lipinski definition) is 0. The van der Waals surface area contributed by atoms with Gasteiger partial charge in [0.25, 0.3) is 6.71 Å². The summed E-state index contributed by atoms with van der Waals surface area (Å²) in [5.74, 6) is 1.95. The third-order valence-electron chi connectivity index (χ3n) is 14.1. The van der Waals surface area contributed by atoms with Gasteiger partial charge < -0.3 is 9.80 Å². The molecule has 3 heterocycles. The van der Waals surface area contributed by atoms with Gasteiger partial charge in [0.1, 0.15) is 0 Å². The van der Waals surface area contributed by atoms with Gasteiger partial charge in [0.15, 0.2) is 5.82 Å². The average molecular weight is 775 g/mol. The molecule has 2 aliphatic heterocycles. The zero-order chi connectivity index (χ0) is 40.5. The van der Waals surface area contributed by atoms with Crippen molar-refractivity contribution in [2.75, 3.05) is 9.80 Å². The van der Waals surface area contributed by atoms with Crippen LogP contribution in [-0.4, -0.2) is 16.7 Å². The number of fused-ring (bicyclic) bond motifs is 4. The summed E-state index contributed by atoms with van der Waals surface area (Å²) in [5, 5.41) is 0. The van der Waals surface area contributed by atoms with E-state index in [0.717, 1.165) is 11.4 Å². The fourth-order valence-corrected chi connectivity index (χ4v) is 10.8. The van der Waals surface area contributed by atoms with Crippen molar-refractivity contribution in [2.24, 2.45) is 0 Å². The Morgan fingerprint density at radius 3 is 1.32 bits per heavy atom. The van der Waals surface area contributed by atoms with E-state index in [1.807, 2.05) is 18.5 Å². The van der Waals surface area contributed by atoms with Gasteiger partial charge in [-0.25, -0.2) is 9.97 Å². The van der Waals surface area contributed by atoms with Crippen LogP contribution in [0.3, 0.4) is 0 Å². The van der Waals surface area contributed by atoms with E-state index < -0.39 is 0 Å². The Labute approximate surface area is 353 Å². The highest BCUT2D eigenvalue weighted by Crippen LogP contribution is 2.48. The van der Waals surface area contributed by atoms with Crippen LogP contribution in [0.25, 0.3) is 11.4 Å². The highest BCUT2D eigenvalue weighted by molar-refractivity contribution is 7.00. The Morgan fingerprint density at radius 1 is 0.492 bits per heavy atom. The fourth-order valence-electron chi connectivity index (χ4n) is 10.8. The summed E-state index contributed by atoms with van der Waals surface area (Å²) >= 11 is 0. The van der Waals surface area contributed by atoms with Gasteiger partial charge in [0, 0.05) is 52.1 Å². The number of nitrogens with zero attached hydrogens (tertiary/aromatic N) is 4. The quantitative estimate of drug-likeness (QED) is 0.163. The first-order valence-electron chi connectivity index (χ1n) is 22.6. The van der Waals surface area contributed by atoms with E-state index in [2.05, 4.69) is 148 Å². The smallest absolute Gasteiger partial charge is 0.252 e. The van der Waals surface area contributed by atoms with Gasteiger partial charge in [-0.1, -0.05) is 129 Å². The molecule has 0 N–H and O–H groups in total. The van der Waals surface area contributed by atoms with Crippen LogP contribution in [0, 0.1) is 0 Å². The van der Waals surface area contributed by atoms with Crippen molar-refractivity contribution < 1.29 is 0 Å². The minimum Gasteiger partial charge on any atom is -0.311 e. The van der Waals surface area contributed by atoms with E-state index in [1.54, 1.807) is 0 Å². The van der Waals surface area contributed by atoms with Gasteiger partial charge in [-0.3, -0.25) is 0 Å². The van der Waals surface area contributed by atoms with Crippen LogP contribution in [0.1, 0.15) is 140 Å². The Morgan fingerprint density at radius 2 is 0.915 bits per heavy atom. The van der Waals surface area contributed by atoms with Crippen LogP contribution in [-0.2, 0) is 10.8 Å². The summed E-state index contributed by atoms with van der Waals surface area (Å²) in [6.45, 7) is 13.9. The minimum atomic E-state index is 0.0601. The van der Waals surface area contributed by atoms with Crippen LogP contribution >= 0.6 is 0 Å². The summed E-state index contributed by atoms with van der Waals surface area (Å²) in [4.78, 5) is 14.9. The molecular weight excluding hydrogens is 715 g/mol. The van der Waals surface area contributed by atoms with Gasteiger partial charge in [-0.15, -0.1) is 0 Å². The Hall–Kier alpha value is -5.16. The predicted octanol–water partition coefficient (Wildman–Crippen LogP) is 12.9. The van der Waals surface area contributed by atoms with Gasteiger partial charge in [-0.2, -0.15) is 0 Å². The second-order valence-electron chi connectivity index (χ2n) is 20.0. The zero-order valence-electron chi connectivity index (χ0n) is 36.1. The van der Waals surface area contributed by atoms with Crippen LogP contribution < -0.4 is 26.2 Å². The molecule has 0 amide bonds. The molecule has 10 rings (SSSR count). The lowest BCUT2D eigenvalue weighted by molar-refractivity contribution is 0.444. The van der Waals surface area contributed by atoms with E-state index in [9.17, 15) is 0 Å². The molecule has 59 heavy (non-hydrogen) atoms. The number of benzene rings is 5. The van der Waals surface area contributed by atoms with E-state index in [1.165, 1.54) is 137 Å². The summed E-state index contributed by atoms with van der Waals surface area (Å²) in [5.41, 5.74) is 18.3. The number of aromatic nitrogens is 2. The second kappa shape index (κ2) is 14.8. The monoisotopic (exact) mass is 774 g/mol. The van der Waals surface area contributed by atoms with Crippen LogP contribution in [0.15, 0.2) is 116 Å². The zero-order valence-corrected chi connectivity index (χ0v) is 36.1. The Kier molecular flexibility index (Phi) is 9.57. The molecule has 298 valence electrons. The normalized spacial score (nSPS) is 17.1. The van der Waals surface area contributed by atoms with E-state index in [0.29, 0.717) is 11.8 Å². The van der Waals surface area contributed by atoms with Gasteiger partial charge in [0.05, 0.1) is 0 Å². The standard InChI is InChI=1S/C54H59BN4/c1-53(2,3)41-20-24-43(25-21-41)58-47-32-38(36-14-9-7-10-15-36)18-28-45(47)55-46-29-19-39(37-16-11-8-12-17-37)33-48(46)59(44-26-22-42(23-27-44)54(4,5)6)50-35-40(34-49(58)51(50)55)52-56-30-13-31-57-52/h13,18-37H,7-12,14-17H2,1-6H3. The van der Waals surface area contributed by atoms with Gasteiger partial charge in [0.2, 0.25) is 0 Å². The predicted molar refractivity (Wildman–Crippen MR) is 251 cm³/mol. The molecule has 2 aliphatic carbocycles. The van der Waals surface area contributed by atoms with Crippen LogP contribution in [0.5, 0.6) is 0 Å². The Balaban J connectivity index is 1.27. The highest BCUT2D eigenvalue weighted by Gasteiger charge is 2.44. The minimum absolute atomic E-state index is 0.0601. The number of rotatable bonds is 5. The first-order chi connectivity index (χ1) is 28.5. The SMILES string of the molecule is CC(C)(C)c1ccc(N2c3cc(C4CCCCC4)ccc3B3c4ccc(C5CCCCC5)cc4N(c4ccc(C(C)(C)C)cc4)c4cc(-c5ncccn5)cc2c43)cc1. The molecule has 4 nitrogen and oxygen atoms in total. The molecule has 5 heteroatoms. The van der Waals surface area contributed by atoms with E-state index in [4.69, 9.17) is 9.97 Å². The number of anilines is 6. The molecule has 0 atom stereocenters. The summed E-state index contributed by atoms with van der Waals surface area (Å²) in [6, 6.07) is 40.6. The molecule has 4 aliphatic rings. The third kappa shape index (κ3) is 6.89. The average Bonchev–Trinajstić information content (AvgIpc) is 3.26. The first kappa shape index (κ1) is 38.1. The molecule has 0 spiro atoms.